The van der Waals surface area contributed by atoms with Crippen molar-refractivity contribution < 1.29 is 13.9 Å². The first-order valence-electron chi connectivity index (χ1n) is 5.78. The van der Waals surface area contributed by atoms with Crippen LogP contribution in [0.15, 0.2) is 30.6 Å². The summed E-state index contributed by atoms with van der Waals surface area (Å²) in [6.07, 6.45) is 3.14. The topological polar surface area (TPSA) is 78.1 Å². The standard InChI is InChI=1S/C13H11ClFN3O2/c14-9-4-2-8(3-5-10(16)19)11(15)12(9)20-13-17-6-1-7-18-13/h1-2,4,6-7H,3,5H2,(H2,16,19). The third-order valence-electron chi connectivity index (χ3n) is 2.51. The number of aromatic nitrogens is 2. The van der Waals surface area contributed by atoms with E-state index in [-0.39, 0.29) is 29.6 Å². The molecule has 7 heteroatoms. The SMILES string of the molecule is NC(=O)CCc1ccc(Cl)c(Oc2ncccn2)c1F. The van der Waals surface area contributed by atoms with Crippen molar-refractivity contribution in [3.8, 4) is 11.8 Å². The zero-order valence-corrected chi connectivity index (χ0v) is 11.1. The molecule has 1 heterocycles. The molecule has 2 aromatic rings. The van der Waals surface area contributed by atoms with Gasteiger partial charge in [-0.15, -0.1) is 0 Å². The first-order chi connectivity index (χ1) is 9.58. The van der Waals surface area contributed by atoms with E-state index in [0.29, 0.717) is 5.56 Å². The van der Waals surface area contributed by atoms with Crippen LogP contribution in [-0.4, -0.2) is 15.9 Å². The van der Waals surface area contributed by atoms with Crippen molar-refractivity contribution in [3.05, 3.63) is 47.0 Å². The molecule has 0 atom stereocenters. The van der Waals surface area contributed by atoms with Crippen molar-refractivity contribution in [1.82, 2.24) is 9.97 Å². The molecule has 0 aliphatic carbocycles. The number of carbonyl (C=O) groups excluding carboxylic acids is 1. The van der Waals surface area contributed by atoms with Crippen molar-refractivity contribution in [3.63, 3.8) is 0 Å². The third-order valence-corrected chi connectivity index (χ3v) is 2.80. The van der Waals surface area contributed by atoms with E-state index in [1.165, 1.54) is 24.5 Å². The van der Waals surface area contributed by atoms with E-state index in [1.54, 1.807) is 6.07 Å². The Morgan fingerprint density at radius 3 is 2.70 bits per heavy atom. The minimum Gasteiger partial charge on any atom is -0.420 e. The summed E-state index contributed by atoms with van der Waals surface area (Å²) in [5.74, 6) is -1.32. The van der Waals surface area contributed by atoms with Gasteiger partial charge in [-0.05, 0) is 24.1 Å². The average molecular weight is 296 g/mol. The highest BCUT2D eigenvalue weighted by atomic mass is 35.5. The summed E-state index contributed by atoms with van der Waals surface area (Å²) in [6, 6.07) is 4.56. The molecule has 1 aromatic heterocycles. The predicted octanol–water partition coefficient (Wildman–Crippen LogP) is 2.48. The number of halogens is 2. The summed E-state index contributed by atoms with van der Waals surface area (Å²) in [5.41, 5.74) is 5.33. The third kappa shape index (κ3) is 3.42. The summed E-state index contributed by atoms with van der Waals surface area (Å²) in [5, 5.41) is 0.0952. The van der Waals surface area contributed by atoms with Gasteiger partial charge in [0.05, 0.1) is 5.02 Å². The monoisotopic (exact) mass is 295 g/mol. The van der Waals surface area contributed by atoms with Crippen LogP contribution in [0.4, 0.5) is 4.39 Å². The molecule has 0 unspecified atom stereocenters. The van der Waals surface area contributed by atoms with Crippen LogP contribution in [0.3, 0.4) is 0 Å². The lowest BCUT2D eigenvalue weighted by molar-refractivity contribution is -0.117. The second-order valence-corrected chi connectivity index (χ2v) is 4.36. The fraction of sp³-hybridized carbons (Fsp3) is 0.154. The first kappa shape index (κ1) is 14.2. The van der Waals surface area contributed by atoms with Gasteiger partial charge in [-0.1, -0.05) is 17.7 Å². The number of aryl methyl sites for hydroxylation is 1. The zero-order valence-electron chi connectivity index (χ0n) is 10.3. The lowest BCUT2D eigenvalue weighted by atomic mass is 10.1. The van der Waals surface area contributed by atoms with Crippen molar-refractivity contribution in [1.29, 1.82) is 0 Å². The van der Waals surface area contributed by atoms with Gasteiger partial charge in [0.15, 0.2) is 11.6 Å². The number of hydrogen-bond donors (Lipinski definition) is 1. The zero-order chi connectivity index (χ0) is 14.5. The van der Waals surface area contributed by atoms with E-state index in [1.807, 2.05) is 0 Å². The van der Waals surface area contributed by atoms with E-state index in [0.717, 1.165) is 0 Å². The van der Waals surface area contributed by atoms with Crippen LogP contribution in [0, 0.1) is 5.82 Å². The molecule has 0 aliphatic rings. The van der Waals surface area contributed by atoms with Crippen molar-refractivity contribution in [2.75, 3.05) is 0 Å². The lowest BCUT2D eigenvalue weighted by Crippen LogP contribution is -2.11. The molecular weight excluding hydrogens is 285 g/mol. The molecule has 1 amide bonds. The number of carbonyl (C=O) groups is 1. The normalized spacial score (nSPS) is 10.3. The molecule has 2 rings (SSSR count). The maximum atomic E-state index is 14.3. The van der Waals surface area contributed by atoms with Gasteiger partial charge in [0, 0.05) is 18.8 Å². The summed E-state index contributed by atoms with van der Waals surface area (Å²) >= 11 is 5.90. The number of primary amides is 1. The number of benzene rings is 1. The number of nitrogens with zero attached hydrogens (tertiary/aromatic N) is 2. The number of hydrogen-bond acceptors (Lipinski definition) is 4. The first-order valence-corrected chi connectivity index (χ1v) is 6.16. The van der Waals surface area contributed by atoms with Crippen LogP contribution in [0.5, 0.6) is 11.8 Å². The van der Waals surface area contributed by atoms with Gasteiger partial charge < -0.3 is 10.5 Å². The molecule has 5 nitrogen and oxygen atoms in total. The Balaban J connectivity index is 2.27. The summed E-state index contributed by atoms with van der Waals surface area (Å²) in [7, 11) is 0. The van der Waals surface area contributed by atoms with E-state index in [4.69, 9.17) is 22.1 Å². The Morgan fingerprint density at radius 2 is 2.05 bits per heavy atom. The fourth-order valence-electron chi connectivity index (χ4n) is 1.55. The van der Waals surface area contributed by atoms with E-state index < -0.39 is 11.7 Å². The molecule has 0 saturated heterocycles. The van der Waals surface area contributed by atoms with Gasteiger partial charge in [-0.25, -0.2) is 14.4 Å². The highest BCUT2D eigenvalue weighted by molar-refractivity contribution is 6.32. The summed E-state index contributed by atoms with van der Waals surface area (Å²) in [4.78, 5) is 18.4. The Hall–Kier alpha value is -2.21. The van der Waals surface area contributed by atoms with Gasteiger partial charge in [-0.2, -0.15) is 0 Å². The molecule has 0 saturated carbocycles. The molecule has 104 valence electrons. The smallest absolute Gasteiger partial charge is 0.322 e. The average Bonchev–Trinajstić information content (AvgIpc) is 2.43. The number of ether oxygens (including phenoxy) is 1. The fourth-order valence-corrected chi connectivity index (χ4v) is 1.73. The predicted molar refractivity (Wildman–Crippen MR) is 71.0 cm³/mol. The molecular formula is C13H11ClFN3O2. The van der Waals surface area contributed by atoms with E-state index in [9.17, 15) is 9.18 Å². The van der Waals surface area contributed by atoms with Crippen LogP contribution in [0.1, 0.15) is 12.0 Å². The van der Waals surface area contributed by atoms with Crippen molar-refractivity contribution >= 4 is 17.5 Å². The minimum atomic E-state index is -0.647. The molecule has 0 spiro atoms. The Bertz CT molecular complexity index is 623. The van der Waals surface area contributed by atoms with Crippen LogP contribution < -0.4 is 10.5 Å². The number of rotatable bonds is 5. The molecule has 0 bridgehead atoms. The van der Waals surface area contributed by atoms with Gasteiger partial charge >= 0.3 is 6.01 Å². The molecule has 0 fully saturated rings. The van der Waals surface area contributed by atoms with Crippen molar-refractivity contribution in [2.24, 2.45) is 5.73 Å². The van der Waals surface area contributed by atoms with Crippen LogP contribution in [0.2, 0.25) is 5.02 Å². The van der Waals surface area contributed by atoms with E-state index in [2.05, 4.69) is 9.97 Å². The van der Waals surface area contributed by atoms with Gasteiger partial charge in [-0.3, -0.25) is 4.79 Å². The number of amides is 1. The Labute approximate surface area is 119 Å². The molecule has 0 radical (unpaired) electrons. The highest BCUT2D eigenvalue weighted by Gasteiger charge is 2.16. The largest absolute Gasteiger partial charge is 0.420 e. The van der Waals surface area contributed by atoms with Crippen LogP contribution in [-0.2, 0) is 11.2 Å². The summed E-state index contributed by atoms with van der Waals surface area (Å²) in [6.45, 7) is 0. The Morgan fingerprint density at radius 1 is 1.35 bits per heavy atom. The minimum absolute atomic E-state index is 0.0136. The highest BCUT2D eigenvalue weighted by Crippen LogP contribution is 2.33. The molecule has 0 aliphatic heterocycles. The second kappa shape index (κ2) is 6.29. The second-order valence-electron chi connectivity index (χ2n) is 3.95. The maximum absolute atomic E-state index is 14.3. The van der Waals surface area contributed by atoms with Crippen molar-refractivity contribution in [2.45, 2.75) is 12.8 Å². The Kier molecular flexibility index (Phi) is 4.47. The molecule has 1 aromatic carbocycles. The number of nitrogens with two attached hydrogens (primary N) is 1. The van der Waals surface area contributed by atoms with Gasteiger partial charge in [0.1, 0.15) is 0 Å². The molecule has 20 heavy (non-hydrogen) atoms. The lowest BCUT2D eigenvalue weighted by Gasteiger charge is -2.10. The van der Waals surface area contributed by atoms with Gasteiger partial charge in [0.25, 0.3) is 0 Å². The van der Waals surface area contributed by atoms with E-state index >= 15 is 0 Å². The van der Waals surface area contributed by atoms with Crippen LogP contribution in [0.25, 0.3) is 0 Å². The maximum Gasteiger partial charge on any atom is 0.322 e. The van der Waals surface area contributed by atoms with Gasteiger partial charge in [0.2, 0.25) is 5.91 Å². The summed E-state index contributed by atoms with van der Waals surface area (Å²) < 4.78 is 19.5. The quantitative estimate of drug-likeness (QED) is 0.919. The van der Waals surface area contributed by atoms with Crippen LogP contribution >= 0.6 is 11.6 Å². The molecule has 2 N–H and O–H groups in total.